The van der Waals surface area contributed by atoms with Gasteiger partial charge in [-0.3, -0.25) is 0 Å². The zero-order valence-electron chi connectivity index (χ0n) is 13.4. The normalized spacial score (nSPS) is 29.4. The van der Waals surface area contributed by atoms with Crippen LogP contribution in [0.1, 0.15) is 46.2 Å². The lowest BCUT2D eigenvalue weighted by Crippen LogP contribution is -2.55. The first kappa shape index (κ1) is 15.3. The lowest BCUT2D eigenvalue weighted by Gasteiger charge is -2.49. The molecule has 1 fully saturated rings. The van der Waals surface area contributed by atoms with Crippen LogP contribution >= 0.6 is 0 Å². The number of hydrogen-bond donors (Lipinski definition) is 2. The molecular weight excluding hydrogens is 250 g/mol. The third-order valence-corrected chi connectivity index (χ3v) is 4.77. The zero-order chi connectivity index (χ0) is 15.2. The van der Waals surface area contributed by atoms with E-state index < -0.39 is 5.60 Å². The van der Waals surface area contributed by atoms with Gasteiger partial charge in [-0.2, -0.15) is 0 Å². The Morgan fingerprint density at radius 1 is 1.30 bits per heavy atom. The molecule has 0 unspecified atom stereocenters. The molecule has 1 heterocycles. The van der Waals surface area contributed by atoms with Crippen LogP contribution in [0.4, 0.5) is 0 Å². The molecule has 0 aromatic heterocycles. The molecule has 0 bridgehead atoms. The third-order valence-electron chi connectivity index (χ3n) is 4.77. The molecule has 0 radical (unpaired) electrons. The minimum Gasteiger partial charge on any atom is -0.497 e. The van der Waals surface area contributed by atoms with Crippen molar-refractivity contribution >= 4 is 0 Å². The minimum absolute atomic E-state index is 0.0902. The molecule has 1 aromatic rings. The predicted octanol–water partition coefficient (Wildman–Crippen LogP) is 3.14. The highest BCUT2D eigenvalue weighted by Gasteiger charge is 2.60. The van der Waals surface area contributed by atoms with Crippen molar-refractivity contribution in [3.63, 3.8) is 0 Å². The van der Waals surface area contributed by atoms with Crippen LogP contribution in [0.5, 0.6) is 5.75 Å². The molecule has 1 aliphatic rings. The summed E-state index contributed by atoms with van der Waals surface area (Å²) >= 11 is 0. The van der Waals surface area contributed by atoms with E-state index in [2.05, 4.69) is 46.0 Å². The molecular formula is C17H27NO2. The molecule has 20 heavy (non-hydrogen) atoms. The number of rotatable bonds is 2. The van der Waals surface area contributed by atoms with Crippen molar-refractivity contribution in [2.75, 3.05) is 13.7 Å². The van der Waals surface area contributed by atoms with E-state index in [1.165, 1.54) is 0 Å². The summed E-state index contributed by atoms with van der Waals surface area (Å²) in [5.74, 6) is 0.824. The van der Waals surface area contributed by atoms with Crippen LogP contribution in [-0.4, -0.2) is 24.4 Å². The Labute approximate surface area is 122 Å². The van der Waals surface area contributed by atoms with Gasteiger partial charge in [-0.25, -0.2) is 0 Å². The van der Waals surface area contributed by atoms with Crippen LogP contribution in [0, 0.1) is 10.8 Å². The quantitative estimate of drug-likeness (QED) is 0.872. The highest BCUT2D eigenvalue weighted by Crippen LogP contribution is 2.54. The first-order valence-corrected chi connectivity index (χ1v) is 7.23. The molecule has 0 spiro atoms. The Kier molecular flexibility index (Phi) is 3.64. The van der Waals surface area contributed by atoms with E-state index in [-0.39, 0.29) is 16.9 Å². The van der Waals surface area contributed by atoms with Gasteiger partial charge < -0.3 is 15.2 Å². The maximum atomic E-state index is 11.5. The van der Waals surface area contributed by atoms with Crippen LogP contribution in [0.3, 0.4) is 0 Å². The average Bonchev–Trinajstić information content (AvgIpc) is 2.61. The third kappa shape index (κ3) is 2.13. The zero-order valence-corrected chi connectivity index (χ0v) is 13.4. The molecule has 112 valence electrons. The SMILES string of the molecule is COc1cccc([C@@H]2NCC(C)(C)[C@]2(O)C(C)(C)C)c1. The summed E-state index contributed by atoms with van der Waals surface area (Å²) in [5, 5.41) is 15.0. The van der Waals surface area contributed by atoms with Gasteiger partial charge in [-0.15, -0.1) is 0 Å². The largest absolute Gasteiger partial charge is 0.497 e. The number of hydrogen-bond acceptors (Lipinski definition) is 3. The Morgan fingerprint density at radius 3 is 2.50 bits per heavy atom. The summed E-state index contributed by atoms with van der Waals surface area (Å²) in [7, 11) is 1.67. The molecule has 2 N–H and O–H groups in total. The topological polar surface area (TPSA) is 41.5 Å². The van der Waals surface area contributed by atoms with Crippen LogP contribution in [0.25, 0.3) is 0 Å². The van der Waals surface area contributed by atoms with Crippen molar-refractivity contribution in [2.24, 2.45) is 10.8 Å². The van der Waals surface area contributed by atoms with Gasteiger partial charge in [-0.1, -0.05) is 46.8 Å². The van der Waals surface area contributed by atoms with Gasteiger partial charge in [0.15, 0.2) is 0 Å². The maximum Gasteiger partial charge on any atom is 0.119 e. The second kappa shape index (κ2) is 4.74. The molecule has 3 nitrogen and oxygen atoms in total. The predicted molar refractivity (Wildman–Crippen MR) is 81.9 cm³/mol. The highest BCUT2D eigenvalue weighted by atomic mass is 16.5. The summed E-state index contributed by atoms with van der Waals surface area (Å²) in [6.45, 7) is 11.4. The minimum atomic E-state index is -0.827. The second-order valence-corrected chi connectivity index (χ2v) is 7.49. The van der Waals surface area contributed by atoms with E-state index >= 15 is 0 Å². The summed E-state index contributed by atoms with van der Waals surface area (Å²) in [6.07, 6.45) is 0. The lowest BCUT2D eigenvalue weighted by atomic mass is 9.60. The highest BCUT2D eigenvalue weighted by molar-refractivity contribution is 5.35. The number of benzene rings is 1. The Hall–Kier alpha value is -1.06. The molecule has 0 amide bonds. The van der Waals surface area contributed by atoms with Gasteiger partial charge in [0.05, 0.1) is 18.8 Å². The number of aliphatic hydroxyl groups is 1. The van der Waals surface area contributed by atoms with Gasteiger partial charge in [-0.05, 0) is 23.1 Å². The van der Waals surface area contributed by atoms with Crippen molar-refractivity contribution < 1.29 is 9.84 Å². The maximum absolute atomic E-state index is 11.5. The first-order chi connectivity index (χ1) is 9.13. The van der Waals surface area contributed by atoms with Gasteiger partial charge >= 0.3 is 0 Å². The Balaban J connectivity index is 2.50. The standard InChI is InChI=1S/C17H27NO2/c1-15(2,3)17(19)14(18-11-16(17,4)5)12-8-7-9-13(10-12)20-6/h7-10,14,18-19H,11H2,1-6H3/t14-,17+/m0/s1. The van der Waals surface area contributed by atoms with Gasteiger partial charge in [0.25, 0.3) is 0 Å². The molecule has 3 heteroatoms. The Bertz CT molecular complexity index is 490. The van der Waals surface area contributed by atoms with Crippen LogP contribution in [-0.2, 0) is 0 Å². The number of nitrogens with one attached hydrogen (secondary N) is 1. The van der Waals surface area contributed by atoms with Gasteiger partial charge in [0, 0.05) is 12.0 Å². The van der Waals surface area contributed by atoms with Crippen LogP contribution in [0.2, 0.25) is 0 Å². The van der Waals surface area contributed by atoms with E-state index in [1.54, 1.807) is 7.11 Å². The lowest BCUT2D eigenvalue weighted by molar-refractivity contribution is -0.133. The fourth-order valence-electron chi connectivity index (χ4n) is 3.66. The molecule has 1 aromatic carbocycles. The van der Waals surface area contributed by atoms with Gasteiger partial charge in [0.1, 0.15) is 5.75 Å². The van der Waals surface area contributed by atoms with E-state index in [0.29, 0.717) is 0 Å². The van der Waals surface area contributed by atoms with Crippen molar-refractivity contribution in [1.29, 1.82) is 0 Å². The summed E-state index contributed by atoms with van der Waals surface area (Å²) in [6, 6.07) is 7.88. The monoisotopic (exact) mass is 277 g/mol. The molecule has 1 aliphatic heterocycles. The van der Waals surface area contributed by atoms with Crippen LogP contribution < -0.4 is 10.1 Å². The molecule has 1 saturated heterocycles. The van der Waals surface area contributed by atoms with Crippen LogP contribution in [0.15, 0.2) is 24.3 Å². The summed E-state index contributed by atoms with van der Waals surface area (Å²) in [5.41, 5.74) is -0.175. The van der Waals surface area contributed by atoms with E-state index in [4.69, 9.17) is 4.74 Å². The number of ether oxygens (including phenoxy) is 1. The molecule has 2 rings (SSSR count). The summed E-state index contributed by atoms with van der Waals surface area (Å²) < 4.78 is 5.31. The summed E-state index contributed by atoms with van der Waals surface area (Å²) in [4.78, 5) is 0. The van der Waals surface area contributed by atoms with Crippen molar-refractivity contribution in [3.05, 3.63) is 29.8 Å². The van der Waals surface area contributed by atoms with E-state index in [0.717, 1.165) is 17.9 Å². The molecule has 0 aliphatic carbocycles. The fraction of sp³-hybridized carbons (Fsp3) is 0.647. The number of methoxy groups -OCH3 is 1. The molecule has 2 atom stereocenters. The Morgan fingerprint density at radius 2 is 1.95 bits per heavy atom. The van der Waals surface area contributed by atoms with Gasteiger partial charge in [0.2, 0.25) is 0 Å². The van der Waals surface area contributed by atoms with Crippen molar-refractivity contribution in [1.82, 2.24) is 5.32 Å². The van der Waals surface area contributed by atoms with E-state index in [1.807, 2.05) is 18.2 Å². The first-order valence-electron chi connectivity index (χ1n) is 7.23. The van der Waals surface area contributed by atoms with Crippen molar-refractivity contribution in [3.8, 4) is 5.75 Å². The van der Waals surface area contributed by atoms with Crippen molar-refractivity contribution in [2.45, 2.75) is 46.3 Å². The average molecular weight is 277 g/mol. The smallest absolute Gasteiger partial charge is 0.119 e. The molecule has 0 saturated carbocycles. The second-order valence-electron chi connectivity index (χ2n) is 7.49. The van der Waals surface area contributed by atoms with E-state index in [9.17, 15) is 5.11 Å². The fourth-order valence-corrected chi connectivity index (χ4v) is 3.66.